The number of ether oxygens (including phenoxy) is 2. The van der Waals surface area contributed by atoms with Crippen LogP contribution in [0.2, 0.25) is 0 Å². The maximum atomic E-state index is 5.59. The van der Waals surface area contributed by atoms with Gasteiger partial charge in [0.2, 0.25) is 0 Å². The standard InChI is InChI=1S/C10H12BrNO2/c11-9-3-4-12-6-10(9)14-7-8-2-1-5-13-8/h3-4,6,8H,1-2,5,7H2. The first-order chi connectivity index (χ1) is 6.86. The normalized spacial score (nSPS) is 21.1. The number of aromatic nitrogens is 1. The van der Waals surface area contributed by atoms with E-state index in [1.807, 2.05) is 6.07 Å². The van der Waals surface area contributed by atoms with Crippen LogP contribution >= 0.6 is 15.9 Å². The lowest BCUT2D eigenvalue weighted by Crippen LogP contribution is -2.16. The predicted octanol–water partition coefficient (Wildman–Crippen LogP) is 2.40. The molecule has 1 saturated heterocycles. The molecule has 0 aliphatic carbocycles. The van der Waals surface area contributed by atoms with Crippen molar-refractivity contribution in [2.24, 2.45) is 0 Å². The maximum absolute atomic E-state index is 5.59. The Labute approximate surface area is 91.6 Å². The third kappa shape index (κ3) is 2.45. The van der Waals surface area contributed by atoms with E-state index in [9.17, 15) is 0 Å². The van der Waals surface area contributed by atoms with Crippen LogP contribution in [-0.4, -0.2) is 24.3 Å². The Morgan fingerprint density at radius 2 is 2.57 bits per heavy atom. The highest BCUT2D eigenvalue weighted by Gasteiger charge is 2.16. The summed E-state index contributed by atoms with van der Waals surface area (Å²) in [5.41, 5.74) is 0. The zero-order valence-corrected chi connectivity index (χ0v) is 9.37. The summed E-state index contributed by atoms with van der Waals surface area (Å²) in [5, 5.41) is 0. The number of halogens is 1. The van der Waals surface area contributed by atoms with Crippen molar-refractivity contribution in [3.05, 3.63) is 22.9 Å². The summed E-state index contributed by atoms with van der Waals surface area (Å²) in [6.07, 6.45) is 5.92. The lowest BCUT2D eigenvalue weighted by molar-refractivity contribution is 0.0675. The largest absolute Gasteiger partial charge is 0.488 e. The Morgan fingerprint density at radius 1 is 1.64 bits per heavy atom. The highest BCUT2D eigenvalue weighted by molar-refractivity contribution is 9.10. The van der Waals surface area contributed by atoms with E-state index in [-0.39, 0.29) is 6.10 Å². The minimum Gasteiger partial charge on any atom is -0.488 e. The molecule has 2 heterocycles. The molecule has 0 N–H and O–H groups in total. The summed E-state index contributed by atoms with van der Waals surface area (Å²) < 4.78 is 12.0. The molecule has 0 saturated carbocycles. The number of rotatable bonds is 3. The molecule has 0 aromatic carbocycles. The first-order valence-corrected chi connectivity index (χ1v) is 5.49. The fourth-order valence-corrected chi connectivity index (χ4v) is 1.76. The molecule has 4 heteroatoms. The average molecular weight is 258 g/mol. The number of pyridine rings is 1. The molecular formula is C10H12BrNO2. The van der Waals surface area contributed by atoms with Gasteiger partial charge in [0.15, 0.2) is 5.75 Å². The van der Waals surface area contributed by atoms with E-state index < -0.39 is 0 Å². The zero-order chi connectivity index (χ0) is 9.80. The third-order valence-corrected chi connectivity index (χ3v) is 2.84. The summed E-state index contributed by atoms with van der Waals surface area (Å²) in [6, 6.07) is 1.87. The molecule has 14 heavy (non-hydrogen) atoms. The quantitative estimate of drug-likeness (QED) is 0.834. The number of nitrogens with zero attached hydrogens (tertiary/aromatic N) is 1. The molecule has 0 radical (unpaired) electrons. The molecule has 0 spiro atoms. The van der Waals surface area contributed by atoms with E-state index in [0.717, 1.165) is 29.7 Å². The van der Waals surface area contributed by atoms with Crippen molar-refractivity contribution in [1.29, 1.82) is 0 Å². The van der Waals surface area contributed by atoms with Crippen LogP contribution < -0.4 is 4.74 Å². The van der Waals surface area contributed by atoms with Gasteiger partial charge in [-0.15, -0.1) is 0 Å². The second kappa shape index (κ2) is 4.75. The van der Waals surface area contributed by atoms with E-state index >= 15 is 0 Å². The highest BCUT2D eigenvalue weighted by atomic mass is 79.9. The minimum atomic E-state index is 0.252. The van der Waals surface area contributed by atoms with Crippen LogP contribution in [0, 0.1) is 0 Å². The molecule has 0 bridgehead atoms. The van der Waals surface area contributed by atoms with Crippen LogP contribution in [0.25, 0.3) is 0 Å². The lowest BCUT2D eigenvalue weighted by atomic mass is 10.2. The van der Waals surface area contributed by atoms with Gasteiger partial charge in [0.05, 0.1) is 16.8 Å². The van der Waals surface area contributed by atoms with E-state index in [1.165, 1.54) is 0 Å². The van der Waals surface area contributed by atoms with Crippen molar-refractivity contribution in [1.82, 2.24) is 4.98 Å². The number of hydrogen-bond donors (Lipinski definition) is 0. The van der Waals surface area contributed by atoms with Crippen LogP contribution in [0.15, 0.2) is 22.9 Å². The molecule has 2 rings (SSSR count). The monoisotopic (exact) mass is 257 g/mol. The molecule has 76 valence electrons. The van der Waals surface area contributed by atoms with Gasteiger partial charge in [-0.3, -0.25) is 4.98 Å². The smallest absolute Gasteiger partial charge is 0.151 e. The second-order valence-electron chi connectivity index (χ2n) is 3.25. The lowest BCUT2D eigenvalue weighted by Gasteiger charge is -2.11. The van der Waals surface area contributed by atoms with Crippen molar-refractivity contribution in [3.63, 3.8) is 0 Å². The predicted molar refractivity (Wildman–Crippen MR) is 56.4 cm³/mol. The van der Waals surface area contributed by atoms with Gasteiger partial charge in [0.1, 0.15) is 6.61 Å². The summed E-state index contributed by atoms with van der Waals surface area (Å²) in [5.74, 6) is 0.781. The van der Waals surface area contributed by atoms with Gasteiger partial charge in [0, 0.05) is 12.8 Å². The Kier molecular flexibility index (Phi) is 3.37. The fraction of sp³-hybridized carbons (Fsp3) is 0.500. The van der Waals surface area contributed by atoms with Crippen LogP contribution in [0.5, 0.6) is 5.75 Å². The summed E-state index contributed by atoms with van der Waals surface area (Å²) in [4.78, 5) is 3.99. The number of hydrogen-bond acceptors (Lipinski definition) is 3. The molecule has 1 aromatic rings. The van der Waals surface area contributed by atoms with Crippen LogP contribution in [0.3, 0.4) is 0 Å². The van der Waals surface area contributed by atoms with Gasteiger partial charge in [0.25, 0.3) is 0 Å². The van der Waals surface area contributed by atoms with Crippen LogP contribution in [0.1, 0.15) is 12.8 Å². The van der Waals surface area contributed by atoms with Gasteiger partial charge < -0.3 is 9.47 Å². The minimum absolute atomic E-state index is 0.252. The fourth-order valence-electron chi connectivity index (χ4n) is 1.43. The zero-order valence-electron chi connectivity index (χ0n) is 7.78. The average Bonchev–Trinajstić information content (AvgIpc) is 2.69. The van der Waals surface area contributed by atoms with Crippen molar-refractivity contribution in [2.75, 3.05) is 13.2 Å². The molecule has 3 nitrogen and oxygen atoms in total. The summed E-state index contributed by atoms with van der Waals surface area (Å²) in [7, 11) is 0. The molecule has 1 fully saturated rings. The van der Waals surface area contributed by atoms with Gasteiger partial charge in [-0.05, 0) is 34.8 Å². The third-order valence-electron chi connectivity index (χ3n) is 2.18. The molecule has 1 unspecified atom stereocenters. The molecule has 0 amide bonds. The first kappa shape index (κ1) is 9.93. The van der Waals surface area contributed by atoms with Gasteiger partial charge in [-0.1, -0.05) is 0 Å². The molecule has 1 aliphatic rings. The Morgan fingerprint density at radius 3 is 3.29 bits per heavy atom. The van der Waals surface area contributed by atoms with E-state index in [2.05, 4.69) is 20.9 Å². The van der Waals surface area contributed by atoms with Crippen molar-refractivity contribution in [2.45, 2.75) is 18.9 Å². The van der Waals surface area contributed by atoms with Crippen LogP contribution in [-0.2, 0) is 4.74 Å². The molecule has 1 aromatic heterocycles. The Bertz CT molecular complexity index is 300. The Hall–Kier alpha value is -0.610. The highest BCUT2D eigenvalue weighted by Crippen LogP contribution is 2.23. The van der Waals surface area contributed by atoms with Crippen molar-refractivity contribution < 1.29 is 9.47 Å². The maximum Gasteiger partial charge on any atom is 0.151 e. The molecule has 1 aliphatic heterocycles. The van der Waals surface area contributed by atoms with Crippen molar-refractivity contribution in [3.8, 4) is 5.75 Å². The first-order valence-electron chi connectivity index (χ1n) is 4.70. The van der Waals surface area contributed by atoms with Gasteiger partial charge >= 0.3 is 0 Å². The van der Waals surface area contributed by atoms with Gasteiger partial charge in [-0.2, -0.15) is 0 Å². The van der Waals surface area contributed by atoms with Gasteiger partial charge in [-0.25, -0.2) is 0 Å². The SMILES string of the molecule is Brc1ccncc1OCC1CCCO1. The Balaban J connectivity index is 1.88. The van der Waals surface area contributed by atoms with E-state index in [0.29, 0.717) is 6.61 Å². The summed E-state index contributed by atoms with van der Waals surface area (Å²) >= 11 is 3.40. The van der Waals surface area contributed by atoms with Crippen molar-refractivity contribution >= 4 is 15.9 Å². The summed E-state index contributed by atoms with van der Waals surface area (Å²) in [6.45, 7) is 1.48. The molecule has 1 atom stereocenters. The molecular weight excluding hydrogens is 246 g/mol. The second-order valence-corrected chi connectivity index (χ2v) is 4.11. The van der Waals surface area contributed by atoms with E-state index in [1.54, 1.807) is 12.4 Å². The van der Waals surface area contributed by atoms with E-state index in [4.69, 9.17) is 9.47 Å². The van der Waals surface area contributed by atoms with Crippen LogP contribution in [0.4, 0.5) is 0 Å². The topological polar surface area (TPSA) is 31.4 Å².